The average molecular weight is 208 g/mol. The highest BCUT2D eigenvalue weighted by Gasteiger charge is 2.14. The van der Waals surface area contributed by atoms with Crippen LogP contribution in [0.5, 0.6) is 0 Å². The molecule has 80 valence electrons. The van der Waals surface area contributed by atoms with Crippen LogP contribution in [-0.4, -0.2) is 18.7 Å². The van der Waals surface area contributed by atoms with Crippen molar-refractivity contribution in [2.45, 2.75) is 46.5 Å². The van der Waals surface area contributed by atoms with Gasteiger partial charge in [0.2, 0.25) is 0 Å². The zero-order valence-electron chi connectivity index (χ0n) is 8.71. The molecule has 0 heterocycles. The fraction of sp³-hybridized carbons (Fsp3) is 1.00. The summed E-state index contributed by atoms with van der Waals surface area (Å²) in [5, 5.41) is 0. The molecule has 0 rings (SSSR count). The molecule has 3 nitrogen and oxygen atoms in total. The van der Waals surface area contributed by atoms with E-state index in [0.29, 0.717) is 11.8 Å². The molecule has 0 aromatic rings. The molecule has 4 heteroatoms. The lowest BCUT2D eigenvalue weighted by atomic mass is 9.85. The molecule has 0 saturated heterocycles. The lowest BCUT2D eigenvalue weighted by Gasteiger charge is -2.21. The third kappa shape index (κ3) is 8.25. The molecule has 0 amide bonds. The van der Waals surface area contributed by atoms with Gasteiger partial charge in [0.25, 0.3) is 10.1 Å². The molecule has 0 aliphatic heterocycles. The Balaban J connectivity index is 3.58. The topological polar surface area (TPSA) is 54.4 Å². The molecule has 0 aliphatic rings. The van der Waals surface area contributed by atoms with E-state index in [2.05, 4.69) is 20.8 Å². The molecule has 0 radical (unpaired) electrons. The highest BCUT2D eigenvalue weighted by atomic mass is 32.2. The van der Waals surface area contributed by atoms with Gasteiger partial charge in [0.1, 0.15) is 0 Å². The molecular weight excluding hydrogens is 188 g/mol. The van der Waals surface area contributed by atoms with Crippen LogP contribution in [-0.2, 0) is 10.1 Å². The van der Waals surface area contributed by atoms with Crippen molar-refractivity contribution in [2.75, 3.05) is 5.75 Å². The van der Waals surface area contributed by atoms with Gasteiger partial charge in [-0.25, -0.2) is 0 Å². The van der Waals surface area contributed by atoms with Crippen LogP contribution in [0.4, 0.5) is 0 Å². The molecular formula is C9H20O3S. The van der Waals surface area contributed by atoms with E-state index in [0.717, 1.165) is 19.3 Å². The summed E-state index contributed by atoms with van der Waals surface area (Å²) in [6.07, 6.45) is 3.53. The highest BCUT2D eigenvalue weighted by molar-refractivity contribution is 7.85. The minimum absolute atomic E-state index is 0.104. The van der Waals surface area contributed by atoms with Crippen LogP contribution in [0.25, 0.3) is 0 Å². The first-order valence-corrected chi connectivity index (χ1v) is 6.33. The normalized spacial score (nSPS) is 13.2. The SMILES string of the molecule is CCC(C)(C)CCCCS(=O)(=O)O. The Morgan fingerprint density at radius 2 is 1.77 bits per heavy atom. The Kier molecular flexibility index (Phi) is 4.92. The molecule has 1 N–H and O–H groups in total. The van der Waals surface area contributed by atoms with Gasteiger partial charge in [-0.1, -0.05) is 33.6 Å². The number of unbranched alkanes of at least 4 members (excludes halogenated alkanes) is 1. The average Bonchev–Trinajstić information content (AvgIpc) is 1.97. The summed E-state index contributed by atoms with van der Waals surface area (Å²) in [6, 6.07) is 0. The third-order valence-corrected chi connectivity index (χ3v) is 3.27. The second kappa shape index (κ2) is 4.96. The van der Waals surface area contributed by atoms with Gasteiger partial charge in [0.05, 0.1) is 5.75 Å². The minimum atomic E-state index is -3.75. The first-order valence-electron chi connectivity index (χ1n) is 4.72. The van der Waals surface area contributed by atoms with Crippen LogP contribution in [0.3, 0.4) is 0 Å². The van der Waals surface area contributed by atoms with Gasteiger partial charge in [0.15, 0.2) is 0 Å². The van der Waals surface area contributed by atoms with Crippen molar-refractivity contribution >= 4 is 10.1 Å². The van der Waals surface area contributed by atoms with E-state index in [4.69, 9.17) is 4.55 Å². The molecule has 0 saturated carbocycles. The summed E-state index contributed by atoms with van der Waals surface area (Å²) in [4.78, 5) is 0. The minimum Gasteiger partial charge on any atom is -0.286 e. The second-order valence-electron chi connectivity index (χ2n) is 4.26. The predicted octanol–water partition coefficient (Wildman–Crippen LogP) is 2.48. The van der Waals surface area contributed by atoms with Crippen molar-refractivity contribution in [3.63, 3.8) is 0 Å². The van der Waals surface area contributed by atoms with E-state index >= 15 is 0 Å². The molecule has 0 aliphatic carbocycles. The standard InChI is InChI=1S/C9H20O3S/c1-4-9(2,3)7-5-6-8-13(10,11)12/h4-8H2,1-3H3,(H,10,11,12). The monoisotopic (exact) mass is 208 g/mol. The summed E-state index contributed by atoms with van der Waals surface area (Å²) < 4.78 is 29.2. The zero-order valence-corrected chi connectivity index (χ0v) is 9.52. The van der Waals surface area contributed by atoms with Crippen molar-refractivity contribution in [2.24, 2.45) is 5.41 Å². The van der Waals surface area contributed by atoms with Crippen LogP contribution >= 0.6 is 0 Å². The number of rotatable bonds is 6. The Morgan fingerprint density at radius 1 is 1.23 bits per heavy atom. The van der Waals surface area contributed by atoms with E-state index in [1.165, 1.54) is 0 Å². The van der Waals surface area contributed by atoms with Crippen molar-refractivity contribution in [3.8, 4) is 0 Å². The van der Waals surface area contributed by atoms with Gasteiger partial charge in [-0.3, -0.25) is 4.55 Å². The second-order valence-corrected chi connectivity index (χ2v) is 5.83. The lowest BCUT2D eigenvalue weighted by Crippen LogP contribution is -2.10. The van der Waals surface area contributed by atoms with Crippen molar-refractivity contribution in [1.29, 1.82) is 0 Å². The van der Waals surface area contributed by atoms with Gasteiger partial charge >= 0.3 is 0 Å². The van der Waals surface area contributed by atoms with Crippen molar-refractivity contribution in [3.05, 3.63) is 0 Å². The predicted molar refractivity (Wildman–Crippen MR) is 54.3 cm³/mol. The highest BCUT2D eigenvalue weighted by Crippen LogP contribution is 2.26. The molecule has 0 bridgehead atoms. The molecule has 0 fully saturated rings. The summed E-state index contributed by atoms with van der Waals surface area (Å²) >= 11 is 0. The summed E-state index contributed by atoms with van der Waals surface area (Å²) in [5.41, 5.74) is 0.291. The number of hydrogen-bond donors (Lipinski definition) is 1. The zero-order chi connectivity index (χ0) is 10.5. The van der Waals surface area contributed by atoms with E-state index in [1.54, 1.807) is 0 Å². The summed E-state index contributed by atoms with van der Waals surface area (Å²) in [7, 11) is -3.75. The van der Waals surface area contributed by atoms with E-state index in [1.807, 2.05) is 0 Å². The summed E-state index contributed by atoms with van der Waals surface area (Å²) in [5.74, 6) is -0.104. The molecule has 0 atom stereocenters. The van der Waals surface area contributed by atoms with Crippen molar-refractivity contribution in [1.82, 2.24) is 0 Å². The van der Waals surface area contributed by atoms with E-state index < -0.39 is 10.1 Å². The van der Waals surface area contributed by atoms with Crippen LogP contribution < -0.4 is 0 Å². The lowest BCUT2D eigenvalue weighted by molar-refractivity contribution is 0.311. The smallest absolute Gasteiger partial charge is 0.264 e. The Morgan fingerprint density at radius 3 is 2.15 bits per heavy atom. The Labute approximate surface area is 81.3 Å². The van der Waals surface area contributed by atoms with Gasteiger partial charge in [-0.15, -0.1) is 0 Å². The molecule has 0 aromatic heterocycles. The quantitative estimate of drug-likeness (QED) is 0.539. The number of hydrogen-bond acceptors (Lipinski definition) is 2. The Bertz CT molecular complexity index is 229. The maximum atomic E-state index is 10.4. The summed E-state index contributed by atoms with van der Waals surface area (Å²) in [6.45, 7) is 6.46. The van der Waals surface area contributed by atoms with Gasteiger partial charge < -0.3 is 0 Å². The molecule has 0 aromatic carbocycles. The van der Waals surface area contributed by atoms with E-state index in [9.17, 15) is 8.42 Å². The maximum Gasteiger partial charge on any atom is 0.264 e. The van der Waals surface area contributed by atoms with Crippen LogP contribution in [0.15, 0.2) is 0 Å². The first kappa shape index (κ1) is 12.9. The van der Waals surface area contributed by atoms with Crippen LogP contribution in [0.1, 0.15) is 46.5 Å². The molecule has 13 heavy (non-hydrogen) atoms. The Hall–Kier alpha value is -0.0900. The maximum absolute atomic E-state index is 10.4. The van der Waals surface area contributed by atoms with Gasteiger partial charge in [-0.2, -0.15) is 8.42 Å². The van der Waals surface area contributed by atoms with E-state index in [-0.39, 0.29) is 5.75 Å². The third-order valence-electron chi connectivity index (χ3n) is 2.46. The van der Waals surface area contributed by atoms with Crippen molar-refractivity contribution < 1.29 is 13.0 Å². The van der Waals surface area contributed by atoms with Crippen LogP contribution in [0, 0.1) is 5.41 Å². The van der Waals surface area contributed by atoms with Gasteiger partial charge in [-0.05, 0) is 18.3 Å². The van der Waals surface area contributed by atoms with Crippen LogP contribution in [0.2, 0.25) is 0 Å². The largest absolute Gasteiger partial charge is 0.286 e. The first-order chi connectivity index (χ1) is 5.77. The fourth-order valence-electron chi connectivity index (χ4n) is 1.06. The van der Waals surface area contributed by atoms with Gasteiger partial charge in [0, 0.05) is 0 Å². The molecule has 0 unspecified atom stereocenters. The molecule has 0 spiro atoms. The fourth-order valence-corrected chi connectivity index (χ4v) is 1.63.